The second-order valence-electron chi connectivity index (χ2n) is 1.65. The Balaban J connectivity index is 3.30. The van der Waals surface area contributed by atoms with E-state index in [1.807, 2.05) is 19.4 Å². The lowest BCUT2D eigenvalue weighted by Crippen LogP contribution is -2.17. The lowest BCUT2D eigenvalue weighted by atomic mass is 10.9. The summed E-state index contributed by atoms with van der Waals surface area (Å²) >= 11 is 0. The maximum absolute atomic E-state index is 9.58. The molecule has 0 aromatic carbocycles. The maximum atomic E-state index is 9.58. The Hall–Kier alpha value is -0.180. The zero-order valence-electron chi connectivity index (χ0n) is 5.30. The van der Waals surface area contributed by atoms with Crippen LogP contribution in [0.2, 0.25) is 0 Å². The molecule has 0 aliphatic carbocycles. The summed E-state index contributed by atoms with van der Waals surface area (Å²) in [6.07, 6.45) is 4.03. The smallest absolute Gasteiger partial charge is 0.408 e. The quantitative estimate of drug-likeness (QED) is 0.519. The summed E-state index contributed by atoms with van der Waals surface area (Å²) in [4.78, 5) is 9.58. The number of hydrogen-bond acceptors (Lipinski definition) is 2. The molecule has 0 aliphatic rings. The van der Waals surface area contributed by atoms with E-state index in [-0.39, 0.29) is 16.3 Å². The minimum atomic E-state index is 0.0208. The van der Waals surface area contributed by atoms with Crippen molar-refractivity contribution in [1.29, 1.82) is 0 Å². The first kappa shape index (κ1) is 7.82. The SMILES string of the molecule is CC(O[C]=O)[S+](C)C. The highest BCUT2D eigenvalue weighted by atomic mass is 32.2. The molecule has 0 saturated heterocycles. The van der Waals surface area contributed by atoms with Crippen LogP contribution in [0.15, 0.2) is 0 Å². The lowest BCUT2D eigenvalue weighted by molar-refractivity contribution is 0.267. The molecule has 0 spiro atoms. The van der Waals surface area contributed by atoms with Crippen LogP contribution >= 0.6 is 0 Å². The number of carbonyl (C=O) groups excluding carboxylic acids is 1. The van der Waals surface area contributed by atoms with E-state index in [0.29, 0.717) is 0 Å². The minimum absolute atomic E-state index is 0.0208. The lowest BCUT2D eigenvalue weighted by Gasteiger charge is -2.02. The molecule has 0 aliphatic heterocycles. The van der Waals surface area contributed by atoms with Crippen LogP contribution in [0.4, 0.5) is 0 Å². The molecule has 0 N–H and O–H groups in total. The number of ether oxygens (including phenoxy) is 1. The van der Waals surface area contributed by atoms with E-state index in [1.165, 1.54) is 6.47 Å². The standard InChI is InChI=1S/C5H10O2S/c1-5(7-4-6)8(2)3/h5H,1-3H3/q+1. The van der Waals surface area contributed by atoms with Crippen molar-refractivity contribution in [2.45, 2.75) is 12.4 Å². The van der Waals surface area contributed by atoms with Crippen LogP contribution in [0.3, 0.4) is 0 Å². The molecule has 1 atom stereocenters. The largest absolute Gasteiger partial charge is 0.421 e. The van der Waals surface area contributed by atoms with Gasteiger partial charge in [0.25, 0.3) is 5.44 Å². The van der Waals surface area contributed by atoms with Gasteiger partial charge in [0.2, 0.25) is 0 Å². The Labute approximate surface area is 52.6 Å². The van der Waals surface area contributed by atoms with E-state index < -0.39 is 0 Å². The fraction of sp³-hybridized carbons (Fsp3) is 0.800. The molecule has 8 heavy (non-hydrogen) atoms. The molecular formula is C5H10O2S+. The third-order valence-electron chi connectivity index (χ3n) is 0.878. The van der Waals surface area contributed by atoms with E-state index in [1.54, 1.807) is 0 Å². The summed E-state index contributed by atoms with van der Waals surface area (Å²) < 4.78 is 4.51. The molecule has 0 fully saturated rings. The van der Waals surface area contributed by atoms with Crippen LogP contribution in [0.25, 0.3) is 0 Å². The first-order valence-electron chi connectivity index (χ1n) is 2.27. The average Bonchev–Trinajstić information content (AvgIpc) is 1.67. The van der Waals surface area contributed by atoms with Crippen molar-refractivity contribution in [3.05, 3.63) is 0 Å². The molecule has 47 valence electrons. The van der Waals surface area contributed by atoms with Gasteiger partial charge in [-0.3, -0.25) is 0 Å². The second kappa shape index (κ2) is 3.78. The molecule has 0 aromatic rings. The topological polar surface area (TPSA) is 26.3 Å². The summed E-state index contributed by atoms with van der Waals surface area (Å²) in [6, 6.07) is 0. The van der Waals surface area contributed by atoms with Crippen molar-refractivity contribution in [2.24, 2.45) is 0 Å². The van der Waals surface area contributed by atoms with Crippen molar-refractivity contribution >= 4 is 17.4 Å². The number of rotatable bonds is 3. The van der Waals surface area contributed by atoms with Gasteiger partial charge in [-0.25, -0.2) is 4.79 Å². The van der Waals surface area contributed by atoms with Crippen LogP contribution in [-0.2, 0) is 20.4 Å². The van der Waals surface area contributed by atoms with Crippen LogP contribution in [0.5, 0.6) is 0 Å². The molecule has 3 heteroatoms. The molecule has 0 saturated carbocycles. The van der Waals surface area contributed by atoms with Crippen molar-refractivity contribution in [1.82, 2.24) is 0 Å². The van der Waals surface area contributed by atoms with E-state index in [9.17, 15) is 4.79 Å². The monoisotopic (exact) mass is 134 g/mol. The van der Waals surface area contributed by atoms with E-state index in [2.05, 4.69) is 4.74 Å². The Morgan fingerprint density at radius 2 is 2.12 bits per heavy atom. The van der Waals surface area contributed by atoms with Gasteiger partial charge in [0.15, 0.2) is 0 Å². The van der Waals surface area contributed by atoms with E-state index >= 15 is 0 Å². The second-order valence-corrected chi connectivity index (χ2v) is 4.07. The van der Waals surface area contributed by atoms with Gasteiger partial charge < -0.3 is 4.74 Å². The first-order chi connectivity index (χ1) is 3.68. The summed E-state index contributed by atoms with van der Waals surface area (Å²) in [7, 11) is 0.155. The summed E-state index contributed by atoms with van der Waals surface area (Å²) in [5, 5.41) is 0. The van der Waals surface area contributed by atoms with Gasteiger partial charge in [-0.1, -0.05) is 0 Å². The highest BCUT2D eigenvalue weighted by Gasteiger charge is 2.14. The fourth-order valence-electron chi connectivity index (χ4n) is 0.164. The van der Waals surface area contributed by atoms with Crippen LogP contribution in [0.1, 0.15) is 6.92 Å². The fourth-order valence-corrected chi connectivity index (χ4v) is 0.396. The van der Waals surface area contributed by atoms with Crippen molar-refractivity contribution in [2.75, 3.05) is 12.5 Å². The van der Waals surface area contributed by atoms with Crippen molar-refractivity contribution < 1.29 is 9.53 Å². The Morgan fingerprint density at radius 3 is 2.25 bits per heavy atom. The highest BCUT2D eigenvalue weighted by molar-refractivity contribution is 7.95. The van der Waals surface area contributed by atoms with Crippen LogP contribution in [0, 0.1) is 0 Å². The van der Waals surface area contributed by atoms with Crippen LogP contribution < -0.4 is 0 Å². The third kappa shape index (κ3) is 2.91. The van der Waals surface area contributed by atoms with Gasteiger partial charge in [0.1, 0.15) is 12.5 Å². The predicted molar refractivity (Wildman–Crippen MR) is 35.5 cm³/mol. The Bertz CT molecular complexity index is 72.8. The normalized spacial score (nSPS) is 13.5. The van der Waals surface area contributed by atoms with E-state index in [0.717, 1.165) is 0 Å². The third-order valence-corrected chi connectivity index (χ3v) is 2.30. The zero-order valence-corrected chi connectivity index (χ0v) is 6.12. The molecule has 1 unspecified atom stereocenters. The molecule has 0 rings (SSSR count). The van der Waals surface area contributed by atoms with Gasteiger partial charge >= 0.3 is 6.47 Å². The summed E-state index contributed by atoms with van der Waals surface area (Å²) in [6.45, 7) is 3.26. The van der Waals surface area contributed by atoms with Gasteiger partial charge in [-0.15, -0.1) is 0 Å². The van der Waals surface area contributed by atoms with Gasteiger partial charge in [-0.05, 0) is 0 Å². The maximum Gasteiger partial charge on any atom is 0.421 e. The average molecular weight is 134 g/mol. The molecule has 2 nitrogen and oxygen atoms in total. The molecule has 1 radical (unpaired) electrons. The van der Waals surface area contributed by atoms with Gasteiger partial charge in [0.05, 0.1) is 0 Å². The Kier molecular flexibility index (Phi) is 3.69. The molecule has 0 bridgehead atoms. The first-order valence-corrected chi connectivity index (χ1v) is 4.38. The van der Waals surface area contributed by atoms with Crippen molar-refractivity contribution in [3.8, 4) is 0 Å². The number of hydrogen-bond donors (Lipinski definition) is 0. The van der Waals surface area contributed by atoms with Gasteiger partial charge in [-0.2, -0.15) is 0 Å². The highest BCUT2D eigenvalue weighted by Crippen LogP contribution is 1.96. The minimum Gasteiger partial charge on any atom is -0.408 e. The molecule has 0 aromatic heterocycles. The van der Waals surface area contributed by atoms with Crippen molar-refractivity contribution in [3.63, 3.8) is 0 Å². The molecule has 0 heterocycles. The summed E-state index contributed by atoms with van der Waals surface area (Å²) in [5.74, 6) is 0. The predicted octanol–water partition coefficient (Wildman–Crippen LogP) is 0.294. The van der Waals surface area contributed by atoms with Crippen LogP contribution in [-0.4, -0.2) is 24.4 Å². The Morgan fingerprint density at radius 1 is 1.62 bits per heavy atom. The summed E-state index contributed by atoms with van der Waals surface area (Å²) in [5.41, 5.74) is 0.0208. The van der Waals surface area contributed by atoms with E-state index in [4.69, 9.17) is 0 Å². The van der Waals surface area contributed by atoms with Gasteiger partial charge in [0, 0.05) is 17.8 Å². The molecular weight excluding hydrogens is 124 g/mol. The molecule has 0 amide bonds. The zero-order chi connectivity index (χ0) is 6.57.